The minimum atomic E-state index is 0.691. The Morgan fingerprint density at radius 2 is 2.29 bits per heavy atom. The number of hydrogen-bond acceptors (Lipinski definition) is 2. The van der Waals surface area contributed by atoms with Gasteiger partial charge in [0.2, 0.25) is 0 Å². The van der Waals surface area contributed by atoms with Gasteiger partial charge in [-0.25, -0.2) is 0 Å². The van der Waals surface area contributed by atoms with E-state index in [1.807, 2.05) is 0 Å². The zero-order valence-electron chi connectivity index (χ0n) is 11.0. The highest BCUT2D eigenvalue weighted by molar-refractivity contribution is 9.09. The Labute approximate surface area is 112 Å². The number of hydrogen-bond donors (Lipinski definition) is 0. The number of rotatable bonds is 3. The Morgan fingerprint density at radius 3 is 2.94 bits per heavy atom. The molecule has 2 heterocycles. The lowest BCUT2D eigenvalue weighted by Gasteiger charge is -2.34. The first kappa shape index (κ1) is 13.1. The molecule has 1 aromatic rings. The van der Waals surface area contributed by atoms with Gasteiger partial charge in [0.1, 0.15) is 0 Å². The first-order chi connectivity index (χ1) is 8.10. The van der Waals surface area contributed by atoms with Crippen molar-refractivity contribution in [3.8, 4) is 0 Å². The van der Waals surface area contributed by atoms with E-state index in [2.05, 4.69) is 57.4 Å². The molecule has 1 aromatic heterocycles. The maximum atomic E-state index is 4.51. The van der Waals surface area contributed by atoms with Crippen molar-refractivity contribution in [1.29, 1.82) is 0 Å². The van der Waals surface area contributed by atoms with Crippen molar-refractivity contribution in [2.45, 2.75) is 45.1 Å². The average Bonchev–Trinajstić information content (AvgIpc) is 2.64. The summed E-state index contributed by atoms with van der Waals surface area (Å²) >= 11 is 3.75. The summed E-state index contributed by atoms with van der Waals surface area (Å²) < 4.78 is 2.13. The lowest BCUT2D eigenvalue weighted by atomic mass is 10.00. The van der Waals surface area contributed by atoms with Crippen molar-refractivity contribution in [3.05, 3.63) is 17.5 Å². The molecule has 1 fully saturated rings. The number of aryl methyl sites for hydroxylation is 2. The second-order valence-corrected chi connectivity index (χ2v) is 6.29. The van der Waals surface area contributed by atoms with Crippen molar-refractivity contribution in [2.75, 3.05) is 13.1 Å². The number of nitrogens with zero attached hydrogens (tertiary/aromatic N) is 3. The monoisotopic (exact) mass is 299 g/mol. The van der Waals surface area contributed by atoms with E-state index >= 15 is 0 Å². The van der Waals surface area contributed by atoms with Crippen LogP contribution in [0.25, 0.3) is 0 Å². The molecule has 17 heavy (non-hydrogen) atoms. The summed E-state index contributed by atoms with van der Waals surface area (Å²) in [4.78, 5) is 3.24. The van der Waals surface area contributed by atoms with Gasteiger partial charge >= 0.3 is 0 Å². The smallest absolute Gasteiger partial charge is 0.0597 e. The van der Waals surface area contributed by atoms with E-state index in [1.165, 1.54) is 25.2 Å². The molecule has 0 spiro atoms. The van der Waals surface area contributed by atoms with Gasteiger partial charge in [0, 0.05) is 24.5 Å². The van der Waals surface area contributed by atoms with Crippen LogP contribution in [0.2, 0.25) is 0 Å². The fraction of sp³-hybridized carbons (Fsp3) is 0.769. The van der Waals surface area contributed by atoms with Crippen LogP contribution in [0.3, 0.4) is 0 Å². The standard InChI is InChI=1S/C13H22BrN3/c1-4-17-12(7-11(3)15-17)9-16-6-5-13(14)10(2)8-16/h7,10,13H,4-6,8-9H2,1-3H3. The molecule has 0 amide bonds. The molecule has 0 aliphatic carbocycles. The Bertz CT molecular complexity index is 375. The Balaban J connectivity index is 2.00. The van der Waals surface area contributed by atoms with E-state index in [0.717, 1.165) is 24.7 Å². The molecule has 2 unspecified atom stereocenters. The van der Waals surface area contributed by atoms with E-state index in [1.54, 1.807) is 0 Å². The van der Waals surface area contributed by atoms with E-state index in [0.29, 0.717) is 4.83 Å². The summed E-state index contributed by atoms with van der Waals surface area (Å²) in [5.41, 5.74) is 2.48. The first-order valence-electron chi connectivity index (χ1n) is 6.50. The maximum absolute atomic E-state index is 4.51. The lowest BCUT2D eigenvalue weighted by Crippen LogP contribution is -2.39. The topological polar surface area (TPSA) is 21.1 Å². The normalized spacial score (nSPS) is 26.4. The van der Waals surface area contributed by atoms with E-state index in [4.69, 9.17) is 0 Å². The summed E-state index contributed by atoms with van der Waals surface area (Å²) in [6.07, 6.45) is 1.25. The molecule has 3 nitrogen and oxygen atoms in total. The second kappa shape index (κ2) is 5.53. The number of alkyl halides is 1. The maximum Gasteiger partial charge on any atom is 0.0597 e. The molecular formula is C13H22BrN3. The molecule has 2 rings (SSSR count). The highest BCUT2D eigenvalue weighted by Crippen LogP contribution is 2.24. The van der Waals surface area contributed by atoms with Gasteiger partial charge in [0.15, 0.2) is 0 Å². The number of piperidine rings is 1. The third kappa shape index (κ3) is 3.10. The predicted molar refractivity (Wildman–Crippen MR) is 74.4 cm³/mol. The van der Waals surface area contributed by atoms with E-state index in [-0.39, 0.29) is 0 Å². The third-order valence-electron chi connectivity index (χ3n) is 3.56. The molecule has 2 atom stereocenters. The summed E-state index contributed by atoms with van der Waals surface area (Å²) in [7, 11) is 0. The summed E-state index contributed by atoms with van der Waals surface area (Å²) in [5, 5.41) is 4.51. The number of likely N-dealkylation sites (tertiary alicyclic amines) is 1. The Morgan fingerprint density at radius 1 is 1.53 bits per heavy atom. The Hall–Kier alpha value is -0.350. The lowest BCUT2D eigenvalue weighted by molar-refractivity contribution is 0.179. The van der Waals surface area contributed by atoms with Gasteiger partial charge in [-0.15, -0.1) is 0 Å². The molecular weight excluding hydrogens is 278 g/mol. The molecule has 1 aliphatic rings. The summed E-state index contributed by atoms with van der Waals surface area (Å²) in [5.74, 6) is 0.739. The molecule has 1 aliphatic heterocycles. The van der Waals surface area contributed by atoms with Gasteiger partial charge in [0.05, 0.1) is 11.4 Å². The second-order valence-electron chi connectivity index (χ2n) is 5.11. The quantitative estimate of drug-likeness (QED) is 0.800. The minimum absolute atomic E-state index is 0.691. The van der Waals surface area contributed by atoms with Gasteiger partial charge in [-0.2, -0.15) is 5.10 Å². The Kier molecular flexibility index (Phi) is 4.26. The molecule has 0 bridgehead atoms. The highest BCUT2D eigenvalue weighted by Gasteiger charge is 2.24. The fourth-order valence-corrected chi connectivity index (χ4v) is 2.95. The van der Waals surface area contributed by atoms with Gasteiger partial charge in [0.25, 0.3) is 0 Å². The van der Waals surface area contributed by atoms with E-state index in [9.17, 15) is 0 Å². The van der Waals surface area contributed by atoms with Crippen molar-refractivity contribution in [3.63, 3.8) is 0 Å². The number of halogens is 1. The SMILES string of the molecule is CCn1nc(C)cc1CN1CCC(Br)C(C)C1. The summed E-state index contributed by atoms with van der Waals surface area (Å²) in [6.45, 7) is 10.9. The van der Waals surface area contributed by atoms with Crippen LogP contribution in [0.4, 0.5) is 0 Å². The van der Waals surface area contributed by atoms with Crippen LogP contribution >= 0.6 is 15.9 Å². The van der Waals surface area contributed by atoms with Crippen LogP contribution < -0.4 is 0 Å². The minimum Gasteiger partial charge on any atom is -0.297 e. The fourth-order valence-electron chi connectivity index (χ4n) is 2.58. The van der Waals surface area contributed by atoms with Crippen LogP contribution in [0, 0.1) is 12.8 Å². The molecule has 0 radical (unpaired) electrons. The van der Waals surface area contributed by atoms with Crippen LogP contribution in [0.15, 0.2) is 6.07 Å². The summed E-state index contributed by atoms with van der Waals surface area (Å²) in [6, 6.07) is 2.22. The van der Waals surface area contributed by atoms with Crippen LogP contribution in [-0.4, -0.2) is 32.6 Å². The molecule has 0 aromatic carbocycles. The molecule has 4 heteroatoms. The largest absolute Gasteiger partial charge is 0.297 e. The van der Waals surface area contributed by atoms with Crippen molar-refractivity contribution < 1.29 is 0 Å². The zero-order chi connectivity index (χ0) is 12.4. The third-order valence-corrected chi connectivity index (χ3v) is 4.92. The van der Waals surface area contributed by atoms with Gasteiger partial charge in [-0.3, -0.25) is 9.58 Å². The first-order valence-corrected chi connectivity index (χ1v) is 7.41. The van der Waals surface area contributed by atoms with Crippen LogP contribution in [0.5, 0.6) is 0 Å². The van der Waals surface area contributed by atoms with Crippen molar-refractivity contribution >= 4 is 15.9 Å². The highest BCUT2D eigenvalue weighted by atomic mass is 79.9. The van der Waals surface area contributed by atoms with Crippen molar-refractivity contribution in [2.24, 2.45) is 5.92 Å². The van der Waals surface area contributed by atoms with Crippen LogP contribution in [0.1, 0.15) is 31.7 Å². The molecule has 96 valence electrons. The van der Waals surface area contributed by atoms with Gasteiger partial charge < -0.3 is 0 Å². The van der Waals surface area contributed by atoms with Crippen molar-refractivity contribution in [1.82, 2.24) is 14.7 Å². The molecule has 0 N–H and O–H groups in total. The van der Waals surface area contributed by atoms with E-state index < -0.39 is 0 Å². The average molecular weight is 300 g/mol. The van der Waals surface area contributed by atoms with Crippen LogP contribution in [-0.2, 0) is 13.1 Å². The number of aromatic nitrogens is 2. The predicted octanol–water partition coefficient (Wildman–Crippen LogP) is 2.82. The molecule has 0 saturated carbocycles. The zero-order valence-corrected chi connectivity index (χ0v) is 12.6. The van der Waals surface area contributed by atoms with Gasteiger partial charge in [-0.05, 0) is 38.8 Å². The van der Waals surface area contributed by atoms with Gasteiger partial charge in [-0.1, -0.05) is 22.9 Å². The molecule has 1 saturated heterocycles.